The number of nitrogens with one attached hydrogen (secondary N) is 1. The molecule has 15 heavy (non-hydrogen) atoms. The average molecular weight is 217 g/mol. The Hall–Kier alpha value is -0.610. The summed E-state index contributed by atoms with van der Waals surface area (Å²) < 4.78 is 4.96. The number of aliphatic hydroxyl groups is 1. The van der Waals surface area contributed by atoms with Crippen molar-refractivity contribution in [1.82, 2.24) is 5.32 Å². The normalized spacial score (nSPS) is 16.9. The van der Waals surface area contributed by atoms with Crippen LogP contribution in [0.15, 0.2) is 0 Å². The third-order valence-electron chi connectivity index (χ3n) is 2.52. The molecule has 0 aromatic heterocycles. The number of carbonyl (C=O) groups is 1. The zero-order chi connectivity index (χ0) is 11.8. The number of carbonyl (C=O) groups excluding carboxylic acids is 1. The summed E-state index contributed by atoms with van der Waals surface area (Å²) in [5.41, 5.74) is 0. The van der Waals surface area contributed by atoms with E-state index in [1.807, 2.05) is 20.8 Å². The largest absolute Gasteiger partial charge is 0.396 e. The Morgan fingerprint density at radius 3 is 2.47 bits per heavy atom. The van der Waals surface area contributed by atoms with E-state index in [2.05, 4.69) is 5.32 Å². The number of methoxy groups -OCH3 is 1. The van der Waals surface area contributed by atoms with Crippen LogP contribution in [0.4, 0.5) is 0 Å². The maximum atomic E-state index is 11.5. The number of hydrogen-bond donors (Lipinski definition) is 2. The van der Waals surface area contributed by atoms with Crippen molar-refractivity contribution >= 4 is 5.91 Å². The van der Waals surface area contributed by atoms with Gasteiger partial charge < -0.3 is 15.2 Å². The molecule has 0 rings (SSSR count). The molecule has 1 amide bonds. The highest BCUT2D eigenvalue weighted by Gasteiger charge is 2.15. The van der Waals surface area contributed by atoms with Gasteiger partial charge in [-0.25, -0.2) is 0 Å². The van der Waals surface area contributed by atoms with E-state index in [1.54, 1.807) is 7.11 Å². The number of rotatable bonds is 7. The second-order valence-electron chi connectivity index (χ2n) is 4.28. The first-order valence-electron chi connectivity index (χ1n) is 5.40. The Balaban J connectivity index is 3.82. The maximum Gasteiger partial charge on any atom is 0.220 e. The summed E-state index contributed by atoms with van der Waals surface area (Å²) in [5, 5.41) is 11.8. The van der Waals surface area contributed by atoms with Crippen LogP contribution in [-0.2, 0) is 9.53 Å². The van der Waals surface area contributed by atoms with Crippen molar-refractivity contribution in [3.8, 4) is 0 Å². The third kappa shape index (κ3) is 6.47. The quantitative estimate of drug-likeness (QED) is 0.663. The smallest absolute Gasteiger partial charge is 0.220 e. The minimum Gasteiger partial charge on any atom is -0.396 e. The summed E-state index contributed by atoms with van der Waals surface area (Å²) in [5.74, 6) is 0.339. The lowest BCUT2D eigenvalue weighted by Gasteiger charge is -2.20. The van der Waals surface area contributed by atoms with Crippen molar-refractivity contribution in [1.29, 1.82) is 0 Å². The minimum absolute atomic E-state index is 0.0113. The summed E-state index contributed by atoms with van der Waals surface area (Å²) in [4.78, 5) is 11.5. The van der Waals surface area contributed by atoms with Crippen LogP contribution in [-0.4, -0.2) is 37.4 Å². The lowest BCUT2D eigenvalue weighted by Crippen LogP contribution is -2.39. The predicted molar refractivity (Wildman–Crippen MR) is 59.5 cm³/mol. The van der Waals surface area contributed by atoms with Crippen LogP contribution in [0, 0.1) is 11.8 Å². The fourth-order valence-corrected chi connectivity index (χ4v) is 1.27. The van der Waals surface area contributed by atoms with Gasteiger partial charge in [-0.05, 0) is 18.8 Å². The van der Waals surface area contributed by atoms with E-state index in [4.69, 9.17) is 9.84 Å². The Kier molecular flexibility index (Phi) is 7.34. The molecular weight excluding hydrogens is 194 g/mol. The fourth-order valence-electron chi connectivity index (χ4n) is 1.27. The highest BCUT2D eigenvalue weighted by Crippen LogP contribution is 2.05. The van der Waals surface area contributed by atoms with Gasteiger partial charge in [0.1, 0.15) is 0 Å². The number of aliphatic hydroxyl groups excluding tert-OH is 1. The Labute approximate surface area is 92.0 Å². The number of hydrogen-bond acceptors (Lipinski definition) is 3. The lowest BCUT2D eigenvalue weighted by atomic mass is 10.0. The van der Waals surface area contributed by atoms with Crippen molar-refractivity contribution in [2.45, 2.75) is 33.2 Å². The average Bonchev–Trinajstić information content (AvgIpc) is 2.16. The molecule has 4 heteroatoms. The molecule has 0 bridgehead atoms. The van der Waals surface area contributed by atoms with E-state index < -0.39 is 0 Å². The van der Waals surface area contributed by atoms with Gasteiger partial charge in [-0.1, -0.05) is 13.8 Å². The first kappa shape index (κ1) is 14.4. The zero-order valence-corrected chi connectivity index (χ0v) is 10.1. The summed E-state index contributed by atoms with van der Waals surface area (Å²) in [6.45, 7) is 6.47. The molecule has 0 aromatic carbocycles. The molecule has 0 aromatic rings. The molecule has 90 valence electrons. The molecule has 3 atom stereocenters. The van der Waals surface area contributed by atoms with Crippen LogP contribution in [0.2, 0.25) is 0 Å². The summed E-state index contributed by atoms with van der Waals surface area (Å²) in [6.07, 6.45) is 0.469. The molecule has 4 nitrogen and oxygen atoms in total. The predicted octanol–water partition coefficient (Wildman–Crippen LogP) is 0.792. The second kappa shape index (κ2) is 7.65. The molecule has 0 spiro atoms. The van der Waals surface area contributed by atoms with Crippen molar-refractivity contribution in [2.75, 3.05) is 20.3 Å². The molecule has 3 unspecified atom stereocenters. The summed E-state index contributed by atoms with van der Waals surface area (Å²) in [6, 6.07) is 0.0113. The zero-order valence-electron chi connectivity index (χ0n) is 10.1. The molecule has 0 aliphatic heterocycles. The lowest BCUT2D eigenvalue weighted by molar-refractivity contribution is -0.123. The van der Waals surface area contributed by atoms with Gasteiger partial charge in [-0.2, -0.15) is 0 Å². The standard InChI is InChI=1S/C11H23NO3/c1-8(7-15-4)5-11(14)12-10(3)9(2)6-13/h8-10,13H,5-7H2,1-4H3,(H,12,14). The van der Waals surface area contributed by atoms with Crippen molar-refractivity contribution in [3.63, 3.8) is 0 Å². The van der Waals surface area contributed by atoms with E-state index in [9.17, 15) is 4.79 Å². The van der Waals surface area contributed by atoms with Crippen molar-refractivity contribution in [2.24, 2.45) is 11.8 Å². The molecule has 0 saturated heterocycles. The first-order chi connectivity index (χ1) is 7.01. The van der Waals surface area contributed by atoms with Crippen LogP contribution < -0.4 is 5.32 Å². The van der Waals surface area contributed by atoms with E-state index in [0.29, 0.717) is 13.0 Å². The van der Waals surface area contributed by atoms with Crippen LogP contribution in [0.1, 0.15) is 27.2 Å². The molecule has 0 radical (unpaired) electrons. The van der Waals surface area contributed by atoms with E-state index in [-0.39, 0.29) is 30.4 Å². The number of amides is 1. The second-order valence-corrected chi connectivity index (χ2v) is 4.28. The van der Waals surface area contributed by atoms with Gasteiger partial charge in [-0.15, -0.1) is 0 Å². The highest BCUT2D eigenvalue weighted by molar-refractivity contribution is 5.76. The van der Waals surface area contributed by atoms with Crippen LogP contribution in [0.25, 0.3) is 0 Å². The van der Waals surface area contributed by atoms with E-state index in [0.717, 1.165) is 0 Å². The first-order valence-corrected chi connectivity index (χ1v) is 5.40. The van der Waals surface area contributed by atoms with Gasteiger partial charge in [-0.3, -0.25) is 4.79 Å². The molecule has 2 N–H and O–H groups in total. The summed E-state index contributed by atoms with van der Waals surface area (Å²) in [7, 11) is 1.63. The van der Waals surface area contributed by atoms with E-state index >= 15 is 0 Å². The third-order valence-corrected chi connectivity index (χ3v) is 2.52. The molecule has 0 aliphatic rings. The molecule has 0 heterocycles. The van der Waals surface area contributed by atoms with Crippen molar-refractivity contribution in [3.05, 3.63) is 0 Å². The van der Waals surface area contributed by atoms with Crippen LogP contribution in [0.3, 0.4) is 0 Å². The van der Waals surface area contributed by atoms with Crippen LogP contribution >= 0.6 is 0 Å². The van der Waals surface area contributed by atoms with Gasteiger partial charge >= 0.3 is 0 Å². The Morgan fingerprint density at radius 2 is 2.00 bits per heavy atom. The molecule has 0 fully saturated rings. The van der Waals surface area contributed by atoms with Crippen molar-refractivity contribution < 1.29 is 14.6 Å². The van der Waals surface area contributed by atoms with Crippen LogP contribution in [0.5, 0.6) is 0 Å². The minimum atomic E-state index is 0.0113. The highest BCUT2D eigenvalue weighted by atomic mass is 16.5. The van der Waals surface area contributed by atoms with Gasteiger partial charge in [0.25, 0.3) is 0 Å². The Bertz CT molecular complexity index is 185. The Morgan fingerprint density at radius 1 is 1.40 bits per heavy atom. The van der Waals surface area contributed by atoms with E-state index in [1.165, 1.54) is 0 Å². The molecule has 0 aliphatic carbocycles. The molecular formula is C11H23NO3. The van der Waals surface area contributed by atoms with Gasteiger partial charge in [0.2, 0.25) is 5.91 Å². The monoisotopic (exact) mass is 217 g/mol. The van der Waals surface area contributed by atoms with Gasteiger partial charge in [0.15, 0.2) is 0 Å². The fraction of sp³-hybridized carbons (Fsp3) is 0.909. The molecule has 0 saturated carbocycles. The van der Waals surface area contributed by atoms with Gasteiger partial charge in [0.05, 0.1) is 0 Å². The topological polar surface area (TPSA) is 58.6 Å². The summed E-state index contributed by atoms with van der Waals surface area (Å²) >= 11 is 0. The SMILES string of the molecule is COCC(C)CC(=O)NC(C)C(C)CO. The maximum absolute atomic E-state index is 11.5. The number of ether oxygens (including phenoxy) is 1. The van der Waals surface area contributed by atoms with Gasteiger partial charge in [0, 0.05) is 32.8 Å².